The molecule has 24 heavy (non-hydrogen) atoms. The van der Waals surface area contributed by atoms with E-state index < -0.39 is 11.6 Å². The van der Waals surface area contributed by atoms with Gasteiger partial charge in [0.25, 0.3) is 5.91 Å². The average molecular weight is 319 g/mol. The summed E-state index contributed by atoms with van der Waals surface area (Å²) in [6.45, 7) is 0.437. The third-order valence-corrected chi connectivity index (χ3v) is 4.67. The van der Waals surface area contributed by atoms with E-state index in [0.29, 0.717) is 24.1 Å². The number of hydrogen-bond acceptors (Lipinski definition) is 3. The van der Waals surface area contributed by atoms with Crippen molar-refractivity contribution in [3.8, 4) is 6.07 Å². The number of carbonyl (C=O) groups excluding carboxylic acids is 1. The fourth-order valence-electron chi connectivity index (χ4n) is 3.37. The van der Waals surface area contributed by atoms with Gasteiger partial charge in [0, 0.05) is 12.1 Å². The number of hydrogen-bond donors (Lipinski definition) is 0. The zero-order chi connectivity index (χ0) is 17.0. The summed E-state index contributed by atoms with van der Waals surface area (Å²) in [6.07, 6.45) is 0.712. The fraction of sp³-hybridized carbons (Fsp3) is 0.300. The van der Waals surface area contributed by atoms with Crippen LogP contribution < -0.4 is 5.11 Å². The van der Waals surface area contributed by atoms with E-state index in [-0.39, 0.29) is 5.91 Å². The lowest BCUT2D eigenvalue weighted by atomic mass is 9.79. The molecule has 4 heteroatoms. The van der Waals surface area contributed by atoms with Gasteiger partial charge in [-0.1, -0.05) is 60.2 Å². The Bertz CT molecular complexity index is 739. The molecular weight excluding hydrogens is 300 g/mol. The summed E-state index contributed by atoms with van der Waals surface area (Å²) in [4.78, 5) is 14.4. The van der Waals surface area contributed by atoms with Crippen LogP contribution >= 0.6 is 0 Å². The molecule has 2 aromatic rings. The van der Waals surface area contributed by atoms with Gasteiger partial charge >= 0.3 is 0 Å². The lowest BCUT2D eigenvalue weighted by Crippen LogP contribution is -2.60. The fourth-order valence-corrected chi connectivity index (χ4v) is 3.37. The summed E-state index contributed by atoms with van der Waals surface area (Å²) in [7, 11) is 0. The van der Waals surface area contributed by atoms with Gasteiger partial charge in [0.15, 0.2) is 0 Å². The van der Waals surface area contributed by atoms with Crippen molar-refractivity contribution in [1.82, 2.24) is 4.90 Å². The predicted octanol–water partition coefficient (Wildman–Crippen LogP) is 2.68. The molecule has 122 valence electrons. The summed E-state index contributed by atoms with van der Waals surface area (Å²) < 4.78 is 0. The summed E-state index contributed by atoms with van der Waals surface area (Å²) >= 11 is 0. The molecular formula is C20H19N2O2-. The van der Waals surface area contributed by atoms with Gasteiger partial charge in [0.2, 0.25) is 0 Å². The van der Waals surface area contributed by atoms with E-state index in [9.17, 15) is 15.2 Å². The second-order valence-corrected chi connectivity index (χ2v) is 6.11. The first kappa shape index (κ1) is 16.2. The van der Waals surface area contributed by atoms with Crippen molar-refractivity contribution in [2.24, 2.45) is 0 Å². The van der Waals surface area contributed by atoms with E-state index in [0.717, 1.165) is 12.8 Å². The van der Waals surface area contributed by atoms with E-state index >= 15 is 0 Å². The first-order valence-corrected chi connectivity index (χ1v) is 8.18. The van der Waals surface area contributed by atoms with E-state index in [1.54, 1.807) is 48.5 Å². The smallest absolute Gasteiger partial charge is 0.255 e. The highest BCUT2D eigenvalue weighted by Gasteiger charge is 2.44. The van der Waals surface area contributed by atoms with Crippen LogP contribution in [-0.4, -0.2) is 22.9 Å². The third-order valence-electron chi connectivity index (χ3n) is 4.67. The van der Waals surface area contributed by atoms with Gasteiger partial charge in [-0.15, -0.1) is 0 Å². The van der Waals surface area contributed by atoms with Gasteiger partial charge in [-0.3, -0.25) is 4.79 Å². The zero-order valence-electron chi connectivity index (χ0n) is 13.4. The van der Waals surface area contributed by atoms with Gasteiger partial charge in [-0.2, -0.15) is 5.26 Å². The molecule has 1 heterocycles. The molecule has 1 unspecified atom stereocenters. The van der Waals surface area contributed by atoms with E-state index in [2.05, 4.69) is 6.07 Å². The zero-order valence-corrected chi connectivity index (χ0v) is 13.4. The van der Waals surface area contributed by atoms with Crippen molar-refractivity contribution >= 4 is 5.91 Å². The van der Waals surface area contributed by atoms with Gasteiger partial charge in [0.1, 0.15) is 5.54 Å². The number of rotatable bonds is 3. The molecule has 1 aliphatic rings. The molecule has 1 aliphatic heterocycles. The molecule has 3 rings (SSSR count). The molecule has 0 aliphatic carbocycles. The third kappa shape index (κ3) is 2.79. The van der Waals surface area contributed by atoms with Crippen LogP contribution in [0.15, 0.2) is 60.7 Å². The first-order valence-electron chi connectivity index (χ1n) is 8.18. The van der Waals surface area contributed by atoms with Crippen LogP contribution in [0, 0.1) is 11.3 Å². The highest BCUT2D eigenvalue weighted by Crippen LogP contribution is 2.38. The Morgan fingerprint density at radius 2 is 1.71 bits per heavy atom. The minimum Gasteiger partial charge on any atom is -0.846 e. The minimum atomic E-state index is -1.34. The van der Waals surface area contributed by atoms with Crippen molar-refractivity contribution in [3.63, 3.8) is 0 Å². The number of amides is 1. The Morgan fingerprint density at radius 3 is 2.33 bits per heavy atom. The minimum absolute atomic E-state index is 0.242. The van der Waals surface area contributed by atoms with Gasteiger partial charge in [0.05, 0.1) is 6.07 Å². The molecule has 1 fully saturated rings. The number of nitriles is 1. The Hall–Kier alpha value is -2.64. The van der Waals surface area contributed by atoms with Crippen molar-refractivity contribution in [2.75, 3.05) is 6.54 Å². The van der Waals surface area contributed by atoms with Crippen LogP contribution in [0.25, 0.3) is 0 Å². The van der Waals surface area contributed by atoms with Gasteiger partial charge in [-0.25, -0.2) is 0 Å². The molecule has 0 radical (unpaired) electrons. The summed E-state index contributed by atoms with van der Waals surface area (Å²) in [6, 6.07) is 20.0. The standard InChI is InChI=1S/C20H19N2O2/c21-15-20(18(23)16-9-3-1-4-10-16)13-7-8-14-22(20)19(24)17-11-5-2-6-12-17/h1-6,9-12,18H,7-8,13-14H2/q-1/t18-,20?/m1/s1. The average Bonchev–Trinajstić information content (AvgIpc) is 2.68. The lowest BCUT2D eigenvalue weighted by molar-refractivity contribution is -0.447. The molecule has 0 saturated carbocycles. The molecule has 0 aromatic heterocycles. The van der Waals surface area contributed by atoms with Crippen molar-refractivity contribution in [2.45, 2.75) is 30.9 Å². The second-order valence-electron chi connectivity index (χ2n) is 6.11. The monoisotopic (exact) mass is 319 g/mol. The van der Waals surface area contributed by atoms with Crippen molar-refractivity contribution < 1.29 is 9.90 Å². The van der Waals surface area contributed by atoms with Crippen LogP contribution in [0.2, 0.25) is 0 Å². The number of benzene rings is 2. The van der Waals surface area contributed by atoms with Crippen LogP contribution in [-0.2, 0) is 0 Å². The topological polar surface area (TPSA) is 67.2 Å². The molecule has 2 atom stereocenters. The molecule has 0 N–H and O–H groups in total. The Labute approximate surface area is 142 Å². The van der Waals surface area contributed by atoms with Crippen LogP contribution in [0.3, 0.4) is 0 Å². The number of likely N-dealkylation sites (tertiary alicyclic amines) is 1. The highest BCUT2D eigenvalue weighted by atomic mass is 16.3. The predicted molar refractivity (Wildman–Crippen MR) is 88.9 cm³/mol. The largest absolute Gasteiger partial charge is 0.846 e. The van der Waals surface area contributed by atoms with E-state index in [4.69, 9.17) is 0 Å². The molecule has 0 spiro atoms. The quantitative estimate of drug-likeness (QED) is 0.873. The van der Waals surface area contributed by atoms with E-state index in [1.807, 2.05) is 12.1 Å². The maximum atomic E-state index is 13.2. The van der Waals surface area contributed by atoms with Crippen molar-refractivity contribution in [1.29, 1.82) is 5.26 Å². The van der Waals surface area contributed by atoms with Crippen molar-refractivity contribution in [3.05, 3.63) is 71.8 Å². The number of nitrogens with zero attached hydrogens (tertiary/aromatic N) is 2. The van der Waals surface area contributed by atoms with Gasteiger partial charge in [-0.05, 0) is 31.4 Å². The maximum Gasteiger partial charge on any atom is 0.255 e. The first-order chi connectivity index (χ1) is 11.7. The lowest BCUT2D eigenvalue weighted by Gasteiger charge is -2.50. The van der Waals surface area contributed by atoms with E-state index in [1.165, 1.54) is 4.90 Å². The highest BCUT2D eigenvalue weighted by molar-refractivity contribution is 5.95. The summed E-state index contributed by atoms with van der Waals surface area (Å²) in [5, 5.41) is 23.1. The summed E-state index contributed by atoms with van der Waals surface area (Å²) in [5.74, 6) is -0.242. The van der Waals surface area contributed by atoms with Crippen LogP contribution in [0.4, 0.5) is 0 Å². The molecule has 1 amide bonds. The van der Waals surface area contributed by atoms with Crippen LogP contribution in [0.1, 0.15) is 41.3 Å². The Morgan fingerprint density at radius 1 is 1.08 bits per heavy atom. The van der Waals surface area contributed by atoms with Crippen LogP contribution in [0.5, 0.6) is 0 Å². The normalized spacial score (nSPS) is 21.8. The SMILES string of the molecule is N#CC1([C@H]([O-])c2ccccc2)CCCCN1C(=O)c1ccccc1. The maximum absolute atomic E-state index is 13.2. The molecule has 4 nitrogen and oxygen atoms in total. The second kappa shape index (κ2) is 6.86. The molecule has 2 aromatic carbocycles. The Kier molecular flexibility index (Phi) is 4.64. The Balaban J connectivity index is 2.00. The molecule has 1 saturated heterocycles. The number of piperidine rings is 1. The van der Waals surface area contributed by atoms with Gasteiger partial charge < -0.3 is 10.0 Å². The summed E-state index contributed by atoms with van der Waals surface area (Å²) in [5.41, 5.74) is -0.280. The molecule has 0 bridgehead atoms. The number of carbonyl (C=O) groups is 1.